The van der Waals surface area contributed by atoms with Gasteiger partial charge in [0.25, 0.3) is 0 Å². The minimum absolute atomic E-state index is 0.0224. The van der Waals surface area contributed by atoms with Crippen LogP contribution in [0, 0.1) is 0 Å². The molecule has 0 N–H and O–H groups in total. The lowest BCUT2D eigenvalue weighted by Crippen LogP contribution is -2.43. The number of hydrogen-bond donors (Lipinski definition) is 0. The number of ether oxygens (including phenoxy) is 1. The Balaban J connectivity index is 2.19. The van der Waals surface area contributed by atoms with Gasteiger partial charge in [0.2, 0.25) is 10.0 Å². The van der Waals surface area contributed by atoms with Crippen LogP contribution in [0.5, 0.6) is 0 Å². The summed E-state index contributed by atoms with van der Waals surface area (Å²) >= 11 is 5.75. The maximum atomic E-state index is 12.5. The molecule has 2 rings (SSSR count). The van der Waals surface area contributed by atoms with Gasteiger partial charge in [0.05, 0.1) is 11.0 Å². The lowest BCUT2D eigenvalue weighted by Gasteiger charge is -2.31. The van der Waals surface area contributed by atoms with E-state index in [0.717, 1.165) is 12.8 Å². The molecule has 1 unspecified atom stereocenters. The molecule has 5 nitrogen and oxygen atoms in total. The van der Waals surface area contributed by atoms with E-state index in [2.05, 4.69) is 4.98 Å². The molecule has 1 aliphatic rings. The fourth-order valence-corrected chi connectivity index (χ4v) is 3.95. The highest BCUT2D eigenvalue weighted by molar-refractivity contribution is 7.89. The molecule has 106 valence electrons. The van der Waals surface area contributed by atoms with Gasteiger partial charge in [-0.1, -0.05) is 11.6 Å². The topological polar surface area (TPSA) is 59.5 Å². The van der Waals surface area contributed by atoms with E-state index in [0.29, 0.717) is 19.7 Å². The second kappa shape index (κ2) is 6.17. The van der Waals surface area contributed by atoms with Crippen molar-refractivity contribution in [1.29, 1.82) is 0 Å². The van der Waals surface area contributed by atoms with Crippen molar-refractivity contribution in [2.45, 2.75) is 30.8 Å². The van der Waals surface area contributed by atoms with Gasteiger partial charge in [0, 0.05) is 25.9 Å². The quantitative estimate of drug-likeness (QED) is 0.798. The molecule has 0 amide bonds. The van der Waals surface area contributed by atoms with Crippen molar-refractivity contribution in [3.05, 3.63) is 23.5 Å². The molecule has 0 radical (unpaired) electrons. The number of nitrogens with zero attached hydrogens (tertiary/aromatic N) is 2. The third kappa shape index (κ3) is 3.45. The fraction of sp³-hybridized carbons (Fsp3) is 0.583. The average molecular weight is 305 g/mol. The summed E-state index contributed by atoms with van der Waals surface area (Å²) in [5.41, 5.74) is 0. The minimum atomic E-state index is -3.51. The molecule has 0 saturated carbocycles. The van der Waals surface area contributed by atoms with Crippen LogP contribution < -0.4 is 0 Å². The second-order valence-electron chi connectivity index (χ2n) is 4.40. The van der Waals surface area contributed by atoms with Crippen molar-refractivity contribution in [3.63, 3.8) is 0 Å². The first-order chi connectivity index (χ1) is 9.04. The van der Waals surface area contributed by atoms with Crippen LogP contribution in [0.1, 0.15) is 19.8 Å². The summed E-state index contributed by atoms with van der Waals surface area (Å²) in [5.74, 6) is 0. The molecule has 1 aromatic rings. The van der Waals surface area contributed by atoms with Crippen molar-refractivity contribution in [1.82, 2.24) is 9.29 Å². The van der Waals surface area contributed by atoms with Crippen LogP contribution in [0.15, 0.2) is 23.2 Å². The SMILES string of the molecule is CCOC1CCCN(S(=O)(=O)c2ccnc(Cl)c2)C1. The Hall–Kier alpha value is -0.690. The predicted molar refractivity (Wildman–Crippen MR) is 72.7 cm³/mol. The summed E-state index contributed by atoms with van der Waals surface area (Å²) in [6, 6.07) is 2.84. The Kier molecular flexibility index (Phi) is 4.78. The van der Waals surface area contributed by atoms with Crippen molar-refractivity contribution in [2.75, 3.05) is 19.7 Å². The Morgan fingerprint density at radius 1 is 1.58 bits per heavy atom. The largest absolute Gasteiger partial charge is 0.377 e. The number of piperidine rings is 1. The number of halogens is 1. The highest BCUT2D eigenvalue weighted by Crippen LogP contribution is 2.23. The van der Waals surface area contributed by atoms with E-state index in [1.807, 2.05) is 6.92 Å². The standard InChI is InChI=1S/C12H17ClN2O3S/c1-2-18-10-4-3-7-15(9-10)19(16,17)11-5-6-14-12(13)8-11/h5-6,8,10H,2-4,7,9H2,1H3. The lowest BCUT2D eigenvalue weighted by molar-refractivity contribution is 0.0265. The molecule has 0 aliphatic carbocycles. The maximum Gasteiger partial charge on any atom is 0.243 e. The van der Waals surface area contributed by atoms with E-state index < -0.39 is 10.0 Å². The Labute approximate surface area is 118 Å². The maximum absolute atomic E-state index is 12.5. The van der Waals surface area contributed by atoms with Gasteiger partial charge in [-0.05, 0) is 31.9 Å². The van der Waals surface area contributed by atoms with Gasteiger partial charge in [0.1, 0.15) is 5.15 Å². The third-order valence-electron chi connectivity index (χ3n) is 3.08. The predicted octanol–water partition coefficient (Wildman–Crippen LogP) is 1.92. The van der Waals surface area contributed by atoms with E-state index >= 15 is 0 Å². The first-order valence-electron chi connectivity index (χ1n) is 6.27. The molecule has 19 heavy (non-hydrogen) atoms. The molecule has 7 heteroatoms. The third-order valence-corrected chi connectivity index (χ3v) is 5.15. The molecule has 1 aliphatic heterocycles. The Morgan fingerprint density at radius 2 is 2.37 bits per heavy atom. The second-order valence-corrected chi connectivity index (χ2v) is 6.72. The van der Waals surface area contributed by atoms with Crippen LogP contribution >= 0.6 is 11.6 Å². The van der Waals surface area contributed by atoms with E-state index in [9.17, 15) is 8.42 Å². The van der Waals surface area contributed by atoms with Crippen LogP contribution in [-0.4, -0.2) is 43.5 Å². The fourth-order valence-electron chi connectivity index (χ4n) is 2.19. The average Bonchev–Trinajstić information content (AvgIpc) is 2.39. The van der Waals surface area contributed by atoms with Crippen LogP contribution in [0.3, 0.4) is 0 Å². The zero-order valence-corrected chi connectivity index (χ0v) is 12.3. The van der Waals surface area contributed by atoms with E-state index in [-0.39, 0.29) is 16.2 Å². The van der Waals surface area contributed by atoms with Crippen molar-refractivity contribution >= 4 is 21.6 Å². The molecule has 1 saturated heterocycles. The summed E-state index contributed by atoms with van der Waals surface area (Å²) in [6.07, 6.45) is 3.09. The number of rotatable bonds is 4. The highest BCUT2D eigenvalue weighted by atomic mass is 35.5. The zero-order valence-electron chi connectivity index (χ0n) is 10.8. The molecule has 0 aromatic carbocycles. The number of pyridine rings is 1. The van der Waals surface area contributed by atoms with Gasteiger partial charge in [0.15, 0.2) is 0 Å². The summed E-state index contributed by atoms with van der Waals surface area (Å²) < 4.78 is 31.9. The summed E-state index contributed by atoms with van der Waals surface area (Å²) in [7, 11) is -3.51. The molecule has 0 spiro atoms. The molecular weight excluding hydrogens is 288 g/mol. The van der Waals surface area contributed by atoms with Gasteiger partial charge in [-0.2, -0.15) is 4.31 Å². The lowest BCUT2D eigenvalue weighted by atomic mass is 10.1. The van der Waals surface area contributed by atoms with Crippen molar-refractivity contribution < 1.29 is 13.2 Å². The van der Waals surface area contributed by atoms with E-state index in [1.54, 1.807) is 0 Å². The molecule has 1 aromatic heterocycles. The normalized spacial score (nSPS) is 21.5. The Morgan fingerprint density at radius 3 is 3.05 bits per heavy atom. The van der Waals surface area contributed by atoms with Gasteiger partial charge < -0.3 is 4.74 Å². The molecule has 0 bridgehead atoms. The highest BCUT2D eigenvalue weighted by Gasteiger charge is 2.30. The van der Waals surface area contributed by atoms with E-state index in [1.165, 1.54) is 22.6 Å². The smallest absolute Gasteiger partial charge is 0.243 e. The zero-order chi connectivity index (χ0) is 13.9. The van der Waals surface area contributed by atoms with Gasteiger partial charge in [-0.15, -0.1) is 0 Å². The summed E-state index contributed by atoms with van der Waals surface area (Å²) in [6.45, 7) is 3.43. The van der Waals surface area contributed by atoms with Crippen LogP contribution in [0.4, 0.5) is 0 Å². The van der Waals surface area contributed by atoms with Crippen LogP contribution in [-0.2, 0) is 14.8 Å². The van der Waals surface area contributed by atoms with Crippen molar-refractivity contribution in [2.24, 2.45) is 0 Å². The summed E-state index contributed by atoms with van der Waals surface area (Å²) in [5, 5.41) is 0.180. The molecular formula is C12H17ClN2O3S. The monoisotopic (exact) mass is 304 g/mol. The van der Waals surface area contributed by atoms with E-state index in [4.69, 9.17) is 16.3 Å². The molecule has 1 atom stereocenters. The van der Waals surface area contributed by atoms with Crippen molar-refractivity contribution in [3.8, 4) is 0 Å². The summed E-state index contributed by atoms with van der Waals surface area (Å²) in [4.78, 5) is 3.99. The first-order valence-corrected chi connectivity index (χ1v) is 8.09. The first kappa shape index (κ1) is 14.7. The van der Waals surface area contributed by atoms with Gasteiger partial charge >= 0.3 is 0 Å². The van der Waals surface area contributed by atoms with Gasteiger partial charge in [-0.3, -0.25) is 0 Å². The van der Waals surface area contributed by atoms with Crippen LogP contribution in [0.25, 0.3) is 0 Å². The number of hydrogen-bond acceptors (Lipinski definition) is 4. The van der Waals surface area contributed by atoms with Gasteiger partial charge in [-0.25, -0.2) is 13.4 Å². The minimum Gasteiger partial charge on any atom is -0.377 e. The Bertz CT molecular complexity index is 534. The molecule has 1 fully saturated rings. The number of sulfonamides is 1. The number of aromatic nitrogens is 1. The molecule has 2 heterocycles. The van der Waals surface area contributed by atoms with Crippen LogP contribution in [0.2, 0.25) is 5.15 Å².